The normalized spacial score (nSPS) is 24.7. The zero-order valence-electron chi connectivity index (χ0n) is 13.6. The minimum Gasteiger partial charge on any atom is -0.341 e. The summed E-state index contributed by atoms with van der Waals surface area (Å²) in [6.07, 6.45) is 8.03. The summed E-state index contributed by atoms with van der Waals surface area (Å²) in [4.78, 5) is 10.6. The van der Waals surface area contributed by atoms with E-state index in [-0.39, 0.29) is 12.1 Å². The summed E-state index contributed by atoms with van der Waals surface area (Å²) < 4.78 is 29.7. The lowest BCUT2D eigenvalue weighted by Crippen LogP contribution is -2.53. The highest BCUT2D eigenvalue weighted by Crippen LogP contribution is 2.21. The Hall–Kier alpha value is -1.25. The molecule has 1 N–H and O–H groups in total. The van der Waals surface area contributed by atoms with E-state index in [1.54, 1.807) is 22.8 Å². The summed E-state index contributed by atoms with van der Waals surface area (Å²) >= 11 is 0. The molecule has 128 valence electrons. The van der Waals surface area contributed by atoms with Crippen molar-refractivity contribution in [1.29, 1.82) is 0 Å². The van der Waals surface area contributed by atoms with Crippen molar-refractivity contribution in [3.8, 4) is 0 Å². The Morgan fingerprint density at radius 1 is 1.09 bits per heavy atom. The van der Waals surface area contributed by atoms with Crippen molar-refractivity contribution in [3.63, 3.8) is 0 Å². The number of anilines is 1. The lowest BCUT2D eigenvalue weighted by molar-refractivity contribution is 0.262. The summed E-state index contributed by atoms with van der Waals surface area (Å²) in [5, 5.41) is 0. The summed E-state index contributed by atoms with van der Waals surface area (Å²) in [7, 11) is -3.38. The smallest absolute Gasteiger partial charge is 0.279 e. The molecule has 2 aliphatic rings. The van der Waals surface area contributed by atoms with Crippen LogP contribution < -0.4 is 9.62 Å². The maximum atomic E-state index is 12.6. The number of nitrogens with one attached hydrogen (secondary N) is 1. The predicted octanol–water partition coefficient (Wildman–Crippen LogP) is 1.15. The molecule has 0 bridgehead atoms. The number of hydrogen-bond donors (Lipinski definition) is 1. The van der Waals surface area contributed by atoms with E-state index in [9.17, 15) is 8.42 Å². The van der Waals surface area contributed by atoms with Crippen molar-refractivity contribution in [1.82, 2.24) is 19.0 Å². The van der Waals surface area contributed by atoms with Crippen molar-refractivity contribution in [2.45, 2.75) is 51.1 Å². The van der Waals surface area contributed by atoms with Crippen molar-refractivity contribution >= 4 is 16.2 Å². The zero-order chi connectivity index (χ0) is 16.3. The number of aromatic nitrogens is 2. The summed E-state index contributed by atoms with van der Waals surface area (Å²) in [5.74, 6) is 0.721. The number of hydrogen-bond acceptors (Lipinski definition) is 5. The SMILES string of the molecule is C[C@H]1CCCCN1S(=O)(=O)NC1CCN(c2ncccn2)CC1. The molecule has 0 aliphatic carbocycles. The zero-order valence-corrected chi connectivity index (χ0v) is 14.4. The first-order valence-electron chi connectivity index (χ1n) is 8.37. The second-order valence-corrected chi connectivity index (χ2v) is 8.04. The summed E-state index contributed by atoms with van der Waals surface area (Å²) in [6.45, 7) is 4.17. The third-order valence-corrected chi connectivity index (χ3v) is 6.49. The Bertz CT molecular complexity index is 602. The van der Waals surface area contributed by atoms with Gasteiger partial charge in [0.05, 0.1) is 0 Å². The van der Waals surface area contributed by atoms with Gasteiger partial charge in [-0.25, -0.2) is 9.97 Å². The topological polar surface area (TPSA) is 78.4 Å². The van der Waals surface area contributed by atoms with Crippen molar-refractivity contribution in [2.75, 3.05) is 24.5 Å². The van der Waals surface area contributed by atoms with Crippen LogP contribution in [0.2, 0.25) is 0 Å². The van der Waals surface area contributed by atoms with Crippen LogP contribution in [0.4, 0.5) is 5.95 Å². The van der Waals surface area contributed by atoms with Gasteiger partial charge in [-0.2, -0.15) is 17.4 Å². The van der Waals surface area contributed by atoms with Crippen LogP contribution in [0.15, 0.2) is 18.5 Å². The van der Waals surface area contributed by atoms with Crippen LogP contribution in [0.5, 0.6) is 0 Å². The molecular weight excluding hydrogens is 314 g/mol. The Labute approximate surface area is 138 Å². The number of nitrogens with zero attached hydrogens (tertiary/aromatic N) is 4. The van der Waals surface area contributed by atoms with Gasteiger partial charge in [-0.15, -0.1) is 0 Å². The molecule has 2 saturated heterocycles. The minimum atomic E-state index is -3.38. The first kappa shape index (κ1) is 16.6. The number of piperidine rings is 2. The van der Waals surface area contributed by atoms with Gasteiger partial charge < -0.3 is 4.90 Å². The van der Waals surface area contributed by atoms with Gasteiger partial charge in [0, 0.05) is 44.1 Å². The van der Waals surface area contributed by atoms with E-state index in [1.807, 2.05) is 6.92 Å². The van der Waals surface area contributed by atoms with E-state index in [1.165, 1.54) is 0 Å². The van der Waals surface area contributed by atoms with Gasteiger partial charge in [-0.3, -0.25) is 0 Å². The van der Waals surface area contributed by atoms with E-state index >= 15 is 0 Å². The highest BCUT2D eigenvalue weighted by atomic mass is 32.2. The average Bonchev–Trinajstić information content (AvgIpc) is 2.56. The van der Waals surface area contributed by atoms with Gasteiger partial charge in [0.1, 0.15) is 0 Å². The van der Waals surface area contributed by atoms with E-state index in [0.717, 1.165) is 51.1 Å². The van der Waals surface area contributed by atoms with E-state index in [2.05, 4.69) is 19.6 Å². The maximum absolute atomic E-state index is 12.6. The molecule has 23 heavy (non-hydrogen) atoms. The molecular formula is C15H25N5O2S. The molecule has 0 saturated carbocycles. The van der Waals surface area contributed by atoms with Crippen molar-refractivity contribution in [2.24, 2.45) is 0 Å². The Morgan fingerprint density at radius 2 is 1.78 bits per heavy atom. The highest BCUT2D eigenvalue weighted by Gasteiger charge is 2.32. The van der Waals surface area contributed by atoms with Gasteiger partial charge in [-0.05, 0) is 38.7 Å². The minimum absolute atomic E-state index is 0.00547. The van der Waals surface area contributed by atoms with E-state index < -0.39 is 10.2 Å². The Kier molecular flexibility index (Phi) is 5.13. The van der Waals surface area contributed by atoms with Crippen molar-refractivity contribution < 1.29 is 8.42 Å². The third kappa shape index (κ3) is 3.99. The van der Waals surface area contributed by atoms with E-state index in [0.29, 0.717) is 6.54 Å². The molecule has 0 unspecified atom stereocenters. The van der Waals surface area contributed by atoms with Crippen LogP contribution in [-0.4, -0.2) is 54.4 Å². The molecule has 1 atom stereocenters. The lowest BCUT2D eigenvalue weighted by atomic mass is 10.1. The largest absolute Gasteiger partial charge is 0.341 e. The second-order valence-electron chi connectivity index (χ2n) is 6.39. The predicted molar refractivity (Wildman–Crippen MR) is 89.3 cm³/mol. The molecule has 0 aromatic carbocycles. The standard InChI is InChI=1S/C15H25N5O2S/c1-13-5-2-3-10-20(13)23(21,22)18-14-6-11-19(12-7-14)15-16-8-4-9-17-15/h4,8-9,13-14,18H,2-3,5-7,10-12H2,1H3/t13-/m0/s1. The molecule has 1 aromatic heterocycles. The molecule has 7 nitrogen and oxygen atoms in total. The first-order chi connectivity index (χ1) is 11.1. The average molecular weight is 339 g/mol. The quantitative estimate of drug-likeness (QED) is 0.890. The fourth-order valence-corrected chi connectivity index (χ4v) is 5.10. The van der Waals surface area contributed by atoms with Gasteiger partial charge in [0.15, 0.2) is 0 Å². The fourth-order valence-electron chi connectivity index (χ4n) is 3.36. The van der Waals surface area contributed by atoms with Gasteiger partial charge in [0.25, 0.3) is 10.2 Å². The molecule has 3 rings (SSSR count). The molecule has 2 aliphatic heterocycles. The molecule has 3 heterocycles. The lowest BCUT2D eigenvalue weighted by Gasteiger charge is -2.36. The molecule has 8 heteroatoms. The summed E-state index contributed by atoms with van der Waals surface area (Å²) in [5.41, 5.74) is 0. The third-order valence-electron chi connectivity index (χ3n) is 4.70. The van der Waals surface area contributed by atoms with Crippen LogP contribution in [0.3, 0.4) is 0 Å². The molecule has 0 amide bonds. The van der Waals surface area contributed by atoms with Crippen LogP contribution >= 0.6 is 0 Å². The van der Waals surface area contributed by atoms with E-state index in [4.69, 9.17) is 0 Å². The van der Waals surface area contributed by atoms with Crippen LogP contribution in [0.25, 0.3) is 0 Å². The second kappa shape index (κ2) is 7.11. The maximum Gasteiger partial charge on any atom is 0.279 e. The van der Waals surface area contributed by atoms with Crippen LogP contribution in [0, 0.1) is 0 Å². The first-order valence-corrected chi connectivity index (χ1v) is 9.81. The number of rotatable bonds is 4. The molecule has 0 radical (unpaired) electrons. The summed E-state index contributed by atoms with van der Waals surface area (Å²) in [6, 6.07) is 1.89. The van der Waals surface area contributed by atoms with Gasteiger partial charge in [0.2, 0.25) is 5.95 Å². The Morgan fingerprint density at radius 3 is 2.43 bits per heavy atom. The van der Waals surface area contributed by atoms with Crippen molar-refractivity contribution in [3.05, 3.63) is 18.5 Å². The molecule has 2 fully saturated rings. The van der Waals surface area contributed by atoms with Crippen LogP contribution in [0.1, 0.15) is 39.0 Å². The molecule has 0 spiro atoms. The molecule has 1 aromatic rings. The van der Waals surface area contributed by atoms with Gasteiger partial charge in [-0.1, -0.05) is 6.42 Å². The highest BCUT2D eigenvalue weighted by molar-refractivity contribution is 7.87. The fraction of sp³-hybridized carbons (Fsp3) is 0.733. The Balaban J connectivity index is 1.56. The van der Waals surface area contributed by atoms with Crippen LogP contribution in [-0.2, 0) is 10.2 Å². The van der Waals surface area contributed by atoms with Gasteiger partial charge >= 0.3 is 0 Å². The monoisotopic (exact) mass is 339 g/mol.